The standard InChI is InChI=1S/C17H18N4O/c1-12(2)19-17(22)9-13-5-6-16-14(8-13)11-21(20-16)15-4-3-7-18-10-15/h3-8,10-12H,9H2,1-2H3,(H,19,22). The van der Waals surface area contributed by atoms with Gasteiger partial charge in [0.25, 0.3) is 0 Å². The highest BCUT2D eigenvalue weighted by Gasteiger charge is 2.08. The molecule has 0 unspecified atom stereocenters. The van der Waals surface area contributed by atoms with Crippen molar-refractivity contribution < 1.29 is 4.79 Å². The Bertz CT molecular complexity index is 793. The average molecular weight is 294 g/mol. The molecule has 1 amide bonds. The average Bonchev–Trinajstić information content (AvgIpc) is 2.90. The number of nitrogens with zero attached hydrogens (tertiary/aromatic N) is 3. The molecule has 5 nitrogen and oxygen atoms in total. The van der Waals surface area contributed by atoms with Crippen LogP contribution in [-0.4, -0.2) is 26.7 Å². The predicted molar refractivity (Wildman–Crippen MR) is 85.8 cm³/mol. The molecule has 0 aliphatic rings. The third-order valence-corrected chi connectivity index (χ3v) is 3.29. The highest BCUT2D eigenvalue weighted by molar-refractivity contribution is 5.83. The van der Waals surface area contributed by atoms with E-state index in [2.05, 4.69) is 15.4 Å². The highest BCUT2D eigenvalue weighted by Crippen LogP contribution is 2.17. The first-order chi connectivity index (χ1) is 10.6. The molecule has 0 bridgehead atoms. The van der Waals surface area contributed by atoms with Crippen molar-refractivity contribution in [3.05, 3.63) is 54.5 Å². The smallest absolute Gasteiger partial charge is 0.224 e. The van der Waals surface area contributed by atoms with E-state index in [1.807, 2.05) is 50.4 Å². The van der Waals surface area contributed by atoms with Gasteiger partial charge in [-0.05, 0) is 43.7 Å². The fourth-order valence-corrected chi connectivity index (χ4v) is 2.37. The minimum absolute atomic E-state index is 0.0361. The van der Waals surface area contributed by atoms with Crippen molar-refractivity contribution in [1.82, 2.24) is 20.1 Å². The molecule has 2 heterocycles. The Morgan fingerprint density at radius 1 is 1.32 bits per heavy atom. The van der Waals surface area contributed by atoms with E-state index in [0.717, 1.165) is 22.2 Å². The Kier molecular flexibility index (Phi) is 3.87. The second-order valence-corrected chi connectivity index (χ2v) is 5.58. The number of amides is 1. The molecule has 0 saturated carbocycles. The molecule has 0 radical (unpaired) electrons. The van der Waals surface area contributed by atoms with Gasteiger partial charge in [-0.1, -0.05) is 6.07 Å². The van der Waals surface area contributed by atoms with E-state index in [-0.39, 0.29) is 11.9 Å². The van der Waals surface area contributed by atoms with Crippen LogP contribution in [0.1, 0.15) is 19.4 Å². The van der Waals surface area contributed by atoms with Crippen molar-refractivity contribution in [2.75, 3.05) is 0 Å². The molecule has 5 heteroatoms. The molecule has 3 aromatic rings. The lowest BCUT2D eigenvalue weighted by Gasteiger charge is -2.07. The van der Waals surface area contributed by atoms with E-state index in [1.165, 1.54) is 0 Å². The van der Waals surface area contributed by atoms with Crippen molar-refractivity contribution in [3.63, 3.8) is 0 Å². The van der Waals surface area contributed by atoms with Crippen molar-refractivity contribution in [2.45, 2.75) is 26.3 Å². The first-order valence-corrected chi connectivity index (χ1v) is 7.30. The number of hydrogen-bond acceptors (Lipinski definition) is 3. The van der Waals surface area contributed by atoms with Gasteiger partial charge in [0.15, 0.2) is 0 Å². The molecule has 0 aliphatic heterocycles. The molecule has 22 heavy (non-hydrogen) atoms. The molecular weight excluding hydrogens is 276 g/mol. The Morgan fingerprint density at radius 2 is 2.18 bits per heavy atom. The zero-order valence-electron chi connectivity index (χ0n) is 12.7. The predicted octanol–water partition coefficient (Wildman–Crippen LogP) is 2.49. The van der Waals surface area contributed by atoms with Gasteiger partial charge in [-0.3, -0.25) is 9.78 Å². The van der Waals surface area contributed by atoms with E-state index >= 15 is 0 Å². The molecule has 0 atom stereocenters. The van der Waals surface area contributed by atoms with Gasteiger partial charge in [-0.15, -0.1) is 0 Å². The molecular formula is C17H18N4O. The third-order valence-electron chi connectivity index (χ3n) is 3.29. The summed E-state index contributed by atoms with van der Waals surface area (Å²) in [6.45, 7) is 3.91. The fraction of sp³-hybridized carbons (Fsp3) is 0.235. The maximum Gasteiger partial charge on any atom is 0.224 e. The Labute approximate surface area is 129 Å². The molecule has 1 aromatic carbocycles. The SMILES string of the molecule is CC(C)NC(=O)Cc1ccc2nn(-c3cccnc3)cc2c1. The second-order valence-electron chi connectivity index (χ2n) is 5.58. The van der Waals surface area contributed by atoms with Crippen LogP contribution in [0.25, 0.3) is 16.6 Å². The first-order valence-electron chi connectivity index (χ1n) is 7.30. The molecule has 0 aliphatic carbocycles. The van der Waals surface area contributed by atoms with Crippen LogP contribution in [0.3, 0.4) is 0 Å². The zero-order chi connectivity index (χ0) is 15.5. The van der Waals surface area contributed by atoms with Gasteiger partial charge >= 0.3 is 0 Å². The molecule has 0 saturated heterocycles. The number of carbonyl (C=O) groups excluding carboxylic acids is 1. The maximum absolute atomic E-state index is 11.8. The van der Waals surface area contributed by atoms with Crippen LogP contribution in [-0.2, 0) is 11.2 Å². The van der Waals surface area contributed by atoms with Crippen LogP contribution in [0.5, 0.6) is 0 Å². The van der Waals surface area contributed by atoms with Gasteiger partial charge in [-0.2, -0.15) is 5.10 Å². The Morgan fingerprint density at radius 3 is 2.91 bits per heavy atom. The second kappa shape index (κ2) is 5.97. The molecule has 0 fully saturated rings. The minimum Gasteiger partial charge on any atom is -0.354 e. The van der Waals surface area contributed by atoms with Gasteiger partial charge in [-0.25, -0.2) is 4.68 Å². The first kappa shape index (κ1) is 14.3. The van der Waals surface area contributed by atoms with Crippen LogP contribution in [0, 0.1) is 0 Å². The fourth-order valence-electron chi connectivity index (χ4n) is 2.37. The number of benzene rings is 1. The van der Waals surface area contributed by atoms with Crippen molar-refractivity contribution in [1.29, 1.82) is 0 Å². The third kappa shape index (κ3) is 3.14. The summed E-state index contributed by atoms with van der Waals surface area (Å²) >= 11 is 0. The number of aromatic nitrogens is 3. The lowest BCUT2D eigenvalue weighted by atomic mass is 10.1. The van der Waals surface area contributed by atoms with Crippen LogP contribution < -0.4 is 5.32 Å². The van der Waals surface area contributed by atoms with Crippen LogP contribution in [0.4, 0.5) is 0 Å². The zero-order valence-corrected chi connectivity index (χ0v) is 12.7. The lowest BCUT2D eigenvalue weighted by Crippen LogP contribution is -2.31. The number of nitrogens with one attached hydrogen (secondary N) is 1. The largest absolute Gasteiger partial charge is 0.354 e. The number of rotatable bonds is 4. The van der Waals surface area contributed by atoms with Gasteiger partial charge in [0, 0.05) is 23.8 Å². The van der Waals surface area contributed by atoms with Crippen molar-refractivity contribution in [3.8, 4) is 5.69 Å². The van der Waals surface area contributed by atoms with E-state index < -0.39 is 0 Å². The van der Waals surface area contributed by atoms with Gasteiger partial charge in [0.05, 0.1) is 23.8 Å². The number of hydrogen-bond donors (Lipinski definition) is 1. The van der Waals surface area contributed by atoms with Crippen molar-refractivity contribution >= 4 is 16.8 Å². The van der Waals surface area contributed by atoms with Gasteiger partial charge in [0.2, 0.25) is 5.91 Å². The van der Waals surface area contributed by atoms with E-state index in [4.69, 9.17) is 0 Å². The number of fused-ring (bicyclic) bond motifs is 1. The summed E-state index contributed by atoms with van der Waals surface area (Å²) in [5.74, 6) is 0.0361. The normalized spacial score (nSPS) is 11.0. The maximum atomic E-state index is 11.8. The minimum atomic E-state index is 0.0361. The molecule has 112 valence electrons. The van der Waals surface area contributed by atoms with Crippen LogP contribution in [0.15, 0.2) is 48.9 Å². The molecule has 0 spiro atoms. The van der Waals surface area contributed by atoms with E-state index in [1.54, 1.807) is 17.1 Å². The summed E-state index contributed by atoms with van der Waals surface area (Å²) < 4.78 is 1.80. The number of carbonyl (C=O) groups is 1. The van der Waals surface area contributed by atoms with Gasteiger partial charge < -0.3 is 5.32 Å². The highest BCUT2D eigenvalue weighted by atomic mass is 16.1. The summed E-state index contributed by atoms with van der Waals surface area (Å²) in [4.78, 5) is 15.9. The topological polar surface area (TPSA) is 59.8 Å². The Hall–Kier alpha value is -2.69. The molecule has 3 rings (SSSR count). The summed E-state index contributed by atoms with van der Waals surface area (Å²) in [6, 6.07) is 9.89. The van der Waals surface area contributed by atoms with Crippen LogP contribution in [0.2, 0.25) is 0 Å². The van der Waals surface area contributed by atoms with E-state index in [0.29, 0.717) is 6.42 Å². The van der Waals surface area contributed by atoms with E-state index in [9.17, 15) is 4.79 Å². The molecule has 1 N–H and O–H groups in total. The summed E-state index contributed by atoms with van der Waals surface area (Å²) in [5.41, 5.74) is 2.80. The summed E-state index contributed by atoms with van der Waals surface area (Å²) in [5, 5.41) is 8.44. The quantitative estimate of drug-likeness (QED) is 0.804. The molecule has 2 aromatic heterocycles. The monoisotopic (exact) mass is 294 g/mol. The lowest BCUT2D eigenvalue weighted by molar-refractivity contribution is -0.120. The van der Waals surface area contributed by atoms with Gasteiger partial charge in [0.1, 0.15) is 0 Å². The number of pyridine rings is 1. The summed E-state index contributed by atoms with van der Waals surface area (Å²) in [6.07, 6.45) is 5.84. The summed E-state index contributed by atoms with van der Waals surface area (Å²) in [7, 11) is 0. The Balaban J connectivity index is 1.86. The van der Waals surface area contributed by atoms with Crippen LogP contribution >= 0.6 is 0 Å². The van der Waals surface area contributed by atoms with Crippen molar-refractivity contribution in [2.24, 2.45) is 0 Å².